The highest BCUT2D eigenvalue weighted by molar-refractivity contribution is 8.05. The third-order valence-corrected chi connectivity index (χ3v) is 7.00. The van der Waals surface area contributed by atoms with E-state index < -0.39 is 0 Å². The first-order valence-corrected chi connectivity index (χ1v) is 10.1. The van der Waals surface area contributed by atoms with Gasteiger partial charge in [-0.2, -0.15) is 0 Å². The number of methoxy groups -OCH3 is 1. The van der Waals surface area contributed by atoms with Crippen molar-refractivity contribution in [3.05, 3.63) is 101 Å². The summed E-state index contributed by atoms with van der Waals surface area (Å²) in [4.78, 5) is 1.42. The minimum atomic E-state index is 0.0662. The molecular formula is C23H21OS+. The number of ether oxygens (including phenoxy) is 1. The molecule has 0 saturated heterocycles. The third-order valence-electron chi connectivity index (χ3n) is 4.72. The van der Waals surface area contributed by atoms with Gasteiger partial charge in [-0.05, 0) is 29.8 Å². The van der Waals surface area contributed by atoms with E-state index in [4.69, 9.17) is 4.74 Å². The molecule has 1 nitrogen and oxygen atoms in total. The Hall–Kier alpha value is -2.45. The molecule has 0 spiro atoms. The molecule has 25 heavy (non-hydrogen) atoms. The summed E-state index contributed by atoms with van der Waals surface area (Å²) in [6.07, 6.45) is 4.71. The molecule has 124 valence electrons. The second-order valence-electron chi connectivity index (χ2n) is 6.22. The van der Waals surface area contributed by atoms with Gasteiger partial charge in [-0.3, -0.25) is 0 Å². The average molecular weight is 345 g/mol. The van der Waals surface area contributed by atoms with Crippen LogP contribution in [0.25, 0.3) is 11.0 Å². The maximum atomic E-state index is 5.49. The Balaban J connectivity index is 1.91. The van der Waals surface area contributed by atoms with Crippen LogP contribution in [-0.4, -0.2) is 13.4 Å². The van der Waals surface area contributed by atoms with Gasteiger partial charge in [0.2, 0.25) is 0 Å². The van der Waals surface area contributed by atoms with E-state index in [1.807, 2.05) is 0 Å². The minimum absolute atomic E-state index is 0.0662. The maximum Gasteiger partial charge on any atom is 0.174 e. The summed E-state index contributed by atoms with van der Waals surface area (Å²) >= 11 is 0. The van der Waals surface area contributed by atoms with E-state index in [0.29, 0.717) is 5.25 Å². The van der Waals surface area contributed by atoms with Crippen LogP contribution in [0.3, 0.4) is 0 Å². The Morgan fingerprint density at radius 2 is 1.52 bits per heavy atom. The van der Waals surface area contributed by atoms with Crippen molar-refractivity contribution in [2.24, 2.45) is 0 Å². The zero-order valence-electron chi connectivity index (χ0n) is 14.5. The lowest BCUT2D eigenvalue weighted by Gasteiger charge is -2.25. The first-order chi connectivity index (χ1) is 12.3. The fourth-order valence-corrected chi connectivity index (χ4v) is 5.70. The van der Waals surface area contributed by atoms with E-state index in [0.717, 1.165) is 5.75 Å². The van der Waals surface area contributed by atoms with Gasteiger partial charge >= 0.3 is 0 Å². The summed E-state index contributed by atoms with van der Waals surface area (Å²) in [6.45, 7) is 0. The maximum absolute atomic E-state index is 5.49. The highest BCUT2D eigenvalue weighted by Gasteiger charge is 2.39. The molecule has 3 aromatic rings. The highest BCUT2D eigenvalue weighted by atomic mass is 32.2. The number of rotatable bonds is 3. The largest absolute Gasteiger partial charge is 0.497 e. The summed E-state index contributed by atoms with van der Waals surface area (Å²) in [5.74, 6) is 0.924. The van der Waals surface area contributed by atoms with Gasteiger partial charge in [0.05, 0.1) is 7.11 Å². The molecule has 0 aromatic heterocycles. The highest BCUT2D eigenvalue weighted by Crippen LogP contribution is 2.45. The van der Waals surface area contributed by atoms with E-state index in [1.165, 1.54) is 27.2 Å². The first-order valence-electron chi connectivity index (χ1n) is 8.42. The van der Waals surface area contributed by atoms with Gasteiger partial charge in [0, 0.05) is 33.7 Å². The zero-order valence-corrected chi connectivity index (χ0v) is 15.3. The zero-order chi connectivity index (χ0) is 17.2. The van der Waals surface area contributed by atoms with Crippen molar-refractivity contribution in [2.45, 2.75) is 5.25 Å². The predicted molar refractivity (Wildman–Crippen MR) is 109 cm³/mol. The lowest BCUT2D eigenvalue weighted by Crippen LogP contribution is -2.19. The average Bonchev–Trinajstić information content (AvgIpc) is 2.68. The number of hydrogen-bond acceptors (Lipinski definition) is 1. The summed E-state index contributed by atoms with van der Waals surface area (Å²) in [5, 5.41) is 0.353. The molecule has 4 rings (SSSR count). The third kappa shape index (κ3) is 2.98. The molecule has 1 aliphatic heterocycles. The van der Waals surface area contributed by atoms with Crippen molar-refractivity contribution in [1.82, 2.24) is 0 Å². The van der Waals surface area contributed by atoms with Gasteiger partial charge in [0.25, 0.3) is 0 Å². The van der Waals surface area contributed by atoms with E-state index in [-0.39, 0.29) is 10.9 Å². The first kappa shape index (κ1) is 16.0. The fraction of sp³-hybridized carbons (Fsp3) is 0.130. The number of hydrogen-bond donors (Lipinski definition) is 0. The van der Waals surface area contributed by atoms with E-state index in [2.05, 4.69) is 91.2 Å². The smallest absolute Gasteiger partial charge is 0.174 e. The van der Waals surface area contributed by atoms with E-state index >= 15 is 0 Å². The Morgan fingerprint density at radius 1 is 0.840 bits per heavy atom. The Labute approximate surface area is 152 Å². The normalized spacial score (nSPS) is 19.0. The Kier molecular flexibility index (Phi) is 4.37. The molecule has 0 bridgehead atoms. The monoisotopic (exact) mass is 345 g/mol. The molecule has 0 amide bonds. The van der Waals surface area contributed by atoms with E-state index in [9.17, 15) is 0 Å². The van der Waals surface area contributed by atoms with Crippen LogP contribution in [0.1, 0.15) is 27.5 Å². The van der Waals surface area contributed by atoms with Gasteiger partial charge in [-0.25, -0.2) is 0 Å². The fourth-order valence-electron chi connectivity index (χ4n) is 3.47. The van der Waals surface area contributed by atoms with Crippen molar-refractivity contribution in [3.8, 4) is 5.75 Å². The lowest BCUT2D eigenvalue weighted by molar-refractivity contribution is 0.414. The van der Waals surface area contributed by atoms with Crippen LogP contribution in [0.2, 0.25) is 0 Å². The second-order valence-corrected chi connectivity index (χ2v) is 8.24. The summed E-state index contributed by atoms with van der Waals surface area (Å²) in [6, 6.07) is 28.0. The van der Waals surface area contributed by atoms with Gasteiger partial charge < -0.3 is 4.74 Å². The molecule has 0 N–H and O–H groups in total. The van der Waals surface area contributed by atoms with Crippen molar-refractivity contribution in [3.63, 3.8) is 0 Å². The number of fused-ring (bicyclic) bond motifs is 1. The summed E-state index contributed by atoms with van der Waals surface area (Å²) in [7, 11) is 1.80. The van der Waals surface area contributed by atoms with Gasteiger partial charge in [0.15, 0.2) is 10.2 Å². The van der Waals surface area contributed by atoms with Crippen LogP contribution in [0.5, 0.6) is 5.75 Å². The topological polar surface area (TPSA) is 9.23 Å². The molecule has 0 saturated carbocycles. The molecule has 1 heterocycles. The standard InChI is InChI=1S/C23H21OS/c1-24-20-14-13-19-15-22(17-9-5-3-6-10-17)25(2)23(21(19)16-20)18-11-7-4-8-12-18/h3-16,23H,1-2H3/q+1/t23-,25?/m1/s1. The summed E-state index contributed by atoms with van der Waals surface area (Å²) < 4.78 is 5.49. The van der Waals surface area contributed by atoms with Crippen LogP contribution >= 0.6 is 0 Å². The molecule has 1 aliphatic rings. The molecule has 0 radical (unpaired) electrons. The van der Waals surface area contributed by atoms with Crippen LogP contribution in [-0.2, 0) is 10.9 Å². The predicted octanol–water partition coefficient (Wildman–Crippen LogP) is 5.54. The van der Waals surface area contributed by atoms with Crippen LogP contribution < -0.4 is 4.74 Å². The van der Waals surface area contributed by atoms with Crippen LogP contribution in [0, 0.1) is 0 Å². The minimum Gasteiger partial charge on any atom is -0.497 e. The second kappa shape index (κ2) is 6.81. The van der Waals surface area contributed by atoms with Crippen molar-refractivity contribution in [1.29, 1.82) is 0 Å². The molecule has 0 aliphatic carbocycles. The summed E-state index contributed by atoms with van der Waals surface area (Å²) in [5.41, 5.74) is 5.33. The van der Waals surface area contributed by atoms with Crippen molar-refractivity contribution >= 4 is 21.9 Å². The molecular weight excluding hydrogens is 324 g/mol. The molecule has 2 atom stereocenters. The van der Waals surface area contributed by atoms with Crippen LogP contribution in [0.15, 0.2) is 78.9 Å². The van der Waals surface area contributed by atoms with Gasteiger partial charge in [-0.1, -0.05) is 54.6 Å². The van der Waals surface area contributed by atoms with Gasteiger partial charge in [-0.15, -0.1) is 0 Å². The number of benzene rings is 3. The molecule has 1 unspecified atom stereocenters. The Bertz CT molecular complexity index is 900. The van der Waals surface area contributed by atoms with Crippen molar-refractivity contribution < 1.29 is 4.74 Å². The molecule has 2 heteroatoms. The Morgan fingerprint density at radius 3 is 2.20 bits per heavy atom. The molecule has 3 aromatic carbocycles. The quantitative estimate of drug-likeness (QED) is 0.566. The van der Waals surface area contributed by atoms with Crippen molar-refractivity contribution in [2.75, 3.05) is 13.4 Å². The van der Waals surface area contributed by atoms with Gasteiger partial charge in [0.1, 0.15) is 12.0 Å². The van der Waals surface area contributed by atoms with Crippen LogP contribution in [0.4, 0.5) is 0 Å². The lowest BCUT2D eigenvalue weighted by atomic mass is 9.97. The SMILES string of the molecule is COc1ccc2c(c1)[C@@H](c1ccccc1)[S+](C)C(c1ccccc1)=C2. The van der Waals surface area contributed by atoms with E-state index in [1.54, 1.807) is 7.11 Å². The molecule has 0 fully saturated rings.